The van der Waals surface area contributed by atoms with Crippen LogP contribution in [0.15, 0.2) is 78.9 Å². The van der Waals surface area contributed by atoms with Gasteiger partial charge in [-0.15, -0.1) is 0 Å². The van der Waals surface area contributed by atoms with Crippen molar-refractivity contribution in [1.82, 2.24) is 5.32 Å². The maximum Gasteiger partial charge on any atom is 0.312 e. The number of anilines is 1. The molecule has 30 heavy (non-hydrogen) atoms. The lowest BCUT2D eigenvalue weighted by Crippen LogP contribution is -2.35. The molecule has 154 valence electrons. The molecule has 0 aromatic heterocycles. The molecule has 6 heteroatoms. The normalized spacial score (nSPS) is 11.4. The van der Waals surface area contributed by atoms with Crippen LogP contribution in [0.3, 0.4) is 0 Å². The average Bonchev–Trinajstić information content (AvgIpc) is 2.74. The summed E-state index contributed by atoms with van der Waals surface area (Å²) in [5, 5.41) is 5.53. The molecule has 0 saturated carbocycles. The van der Waals surface area contributed by atoms with Crippen LogP contribution in [0.1, 0.15) is 30.5 Å². The van der Waals surface area contributed by atoms with Gasteiger partial charge in [0, 0.05) is 5.69 Å². The number of ether oxygens (including phenoxy) is 1. The van der Waals surface area contributed by atoms with Crippen LogP contribution in [0.5, 0.6) is 11.5 Å². The van der Waals surface area contributed by atoms with E-state index in [4.69, 9.17) is 10.5 Å². The molecule has 1 unspecified atom stereocenters. The van der Waals surface area contributed by atoms with Gasteiger partial charge in [0.25, 0.3) is 0 Å². The van der Waals surface area contributed by atoms with Crippen LogP contribution in [-0.4, -0.2) is 11.9 Å². The van der Waals surface area contributed by atoms with Crippen LogP contribution in [0.2, 0.25) is 0 Å². The molecule has 6 nitrogen and oxygen atoms in total. The van der Waals surface area contributed by atoms with Gasteiger partial charge in [-0.3, -0.25) is 4.79 Å². The Labute approximate surface area is 176 Å². The minimum atomic E-state index is -0.699. The van der Waals surface area contributed by atoms with Gasteiger partial charge in [-0.25, -0.2) is 4.79 Å². The second kappa shape index (κ2) is 10.1. The van der Waals surface area contributed by atoms with Gasteiger partial charge in [0.2, 0.25) is 5.91 Å². The van der Waals surface area contributed by atoms with Crippen LogP contribution in [0, 0.1) is 0 Å². The summed E-state index contributed by atoms with van der Waals surface area (Å²) in [6.45, 7) is 2.05. The summed E-state index contributed by atoms with van der Waals surface area (Å²) < 4.78 is 5.86. The number of para-hydroxylation sites is 1. The quantitative estimate of drug-likeness (QED) is 0.505. The van der Waals surface area contributed by atoms with E-state index < -0.39 is 12.1 Å². The molecule has 0 heterocycles. The highest BCUT2D eigenvalue weighted by Gasteiger charge is 2.18. The summed E-state index contributed by atoms with van der Waals surface area (Å²) in [4.78, 5) is 24.1. The summed E-state index contributed by atoms with van der Waals surface area (Å²) in [5.74, 6) is 1.07. The largest absolute Gasteiger partial charge is 0.457 e. The van der Waals surface area contributed by atoms with Crippen molar-refractivity contribution in [2.75, 3.05) is 5.32 Å². The molecule has 3 amide bonds. The van der Waals surface area contributed by atoms with E-state index in [1.54, 1.807) is 6.07 Å². The lowest BCUT2D eigenvalue weighted by Gasteiger charge is -2.19. The van der Waals surface area contributed by atoms with Crippen molar-refractivity contribution in [2.24, 2.45) is 5.73 Å². The van der Waals surface area contributed by atoms with Crippen LogP contribution in [-0.2, 0) is 11.2 Å². The Morgan fingerprint density at radius 3 is 2.40 bits per heavy atom. The molecule has 0 aliphatic carbocycles. The topological polar surface area (TPSA) is 93.5 Å². The van der Waals surface area contributed by atoms with Crippen molar-refractivity contribution < 1.29 is 14.3 Å². The van der Waals surface area contributed by atoms with Crippen molar-refractivity contribution in [3.05, 3.63) is 90.0 Å². The van der Waals surface area contributed by atoms with E-state index >= 15 is 0 Å². The molecule has 0 aliphatic rings. The Kier molecular flexibility index (Phi) is 7.05. The van der Waals surface area contributed by atoms with Gasteiger partial charge in [-0.05, 0) is 53.9 Å². The van der Waals surface area contributed by atoms with Gasteiger partial charge < -0.3 is 21.1 Å². The molecule has 1 atom stereocenters. The number of nitrogens with one attached hydrogen (secondary N) is 2. The van der Waals surface area contributed by atoms with E-state index in [1.165, 1.54) is 0 Å². The van der Waals surface area contributed by atoms with Gasteiger partial charge >= 0.3 is 6.03 Å². The number of carbonyl (C=O) groups is 2. The number of hydrogen-bond acceptors (Lipinski definition) is 3. The Hall–Kier alpha value is -3.80. The lowest BCUT2D eigenvalue weighted by atomic mass is 10.0. The van der Waals surface area contributed by atoms with Crippen LogP contribution in [0.4, 0.5) is 10.5 Å². The number of rotatable bonds is 8. The van der Waals surface area contributed by atoms with Gasteiger partial charge in [-0.1, -0.05) is 49.4 Å². The van der Waals surface area contributed by atoms with E-state index in [-0.39, 0.29) is 12.3 Å². The van der Waals surface area contributed by atoms with E-state index in [9.17, 15) is 9.59 Å². The Morgan fingerprint density at radius 1 is 0.933 bits per heavy atom. The Balaban J connectivity index is 1.74. The van der Waals surface area contributed by atoms with E-state index in [0.717, 1.165) is 23.2 Å². The number of primary amides is 1. The van der Waals surface area contributed by atoms with E-state index in [0.29, 0.717) is 11.5 Å². The fourth-order valence-electron chi connectivity index (χ4n) is 3.11. The SMILES string of the molecule is CCc1cccc(NC(=O)CC(NC(N)=O)c2cccc(Oc3ccccc3)c2)c1. The molecular formula is C24H25N3O3. The first-order valence-electron chi connectivity index (χ1n) is 9.81. The maximum absolute atomic E-state index is 12.6. The second-order valence-corrected chi connectivity index (χ2v) is 6.86. The van der Waals surface area contributed by atoms with E-state index in [1.807, 2.05) is 72.8 Å². The minimum absolute atomic E-state index is 0.0358. The summed E-state index contributed by atoms with van der Waals surface area (Å²) in [6.07, 6.45) is 0.915. The predicted octanol–water partition coefficient (Wildman–Crippen LogP) is 4.78. The van der Waals surface area contributed by atoms with Crippen molar-refractivity contribution in [1.29, 1.82) is 0 Å². The molecule has 0 bridgehead atoms. The Morgan fingerprint density at radius 2 is 1.67 bits per heavy atom. The zero-order chi connectivity index (χ0) is 21.3. The van der Waals surface area contributed by atoms with Crippen LogP contribution in [0.25, 0.3) is 0 Å². The third kappa shape index (κ3) is 6.10. The molecule has 0 fully saturated rings. The third-order valence-electron chi connectivity index (χ3n) is 4.56. The number of amides is 3. The molecule has 3 rings (SSSR count). The fraction of sp³-hybridized carbons (Fsp3) is 0.167. The zero-order valence-corrected chi connectivity index (χ0v) is 16.8. The van der Waals surface area contributed by atoms with Gasteiger partial charge in [0.1, 0.15) is 11.5 Å². The minimum Gasteiger partial charge on any atom is -0.457 e. The number of benzene rings is 3. The third-order valence-corrected chi connectivity index (χ3v) is 4.56. The molecule has 0 spiro atoms. The Bertz CT molecular complexity index is 1010. The first-order chi connectivity index (χ1) is 14.5. The van der Waals surface area contributed by atoms with Crippen molar-refractivity contribution in [3.63, 3.8) is 0 Å². The van der Waals surface area contributed by atoms with Crippen LogP contribution < -0.4 is 21.1 Å². The first kappa shape index (κ1) is 20.9. The molecule has 3 aromatic carbocycles. The first-order valence-corrected chi connectivity index (χ1v) is 9.81. The van der Waals surface area contributed by atoms with Crippen LogP contribution >= 0.6 is 0 Å². The summed E-state index contributed by atoms with van der Waals surface area (Å²) in [6, 6.07) is 23.0. The predicted molar refractivity (Wildman–Crippen MR) is 117 cm³/mol. The summed E-state index contributed by atoms with van der Waals surface area (Å²) in [7, 11) is 0. The number of carbonyl (C=O) groups excluding carboxylic acids is 2. The highest BCUT2D eigenvalue weighted by atomic mass is 16.5. The van der Waals surface area contributed by atoms with E-state index in [2.05, 4.69) is 17.6 Å². The van der Waals surface area contributed by atoms with Crippen molar-refractivity contribution in [2.45, 2.75) is 25.8 Å². The van der Waals surface area contributed by atoms with Gasteiger partial charge in [-0.2, -0.15) is 0 Å². The highest BCUT2D eigenvalue weighted by molar-refractivity contribution is 5.91. The number of aryl methyl sites for hydroxylation is 1. The summed E-state index contributed by atoms with van der Waals surface area (Å²) >= 11 is 0. The van der Waals surface area contributed by atoms with Crippen molar-refractivity contribution in [3.8, 4) is 11.5 Å². The smallest absolute Gasteiger partial charge is 0.312 e. The molecule has 0 aliphatic heterocycles. The number of nitrogens with two attached hydrogens (primary N) is 1. The van der Waals surface area contributed by atoms with Gasteiger partial charge in [0.05, 0.1) is 12.5 Å². The number of urea groups is 1. The standard InChI is InChI=1S/C24H25N3O3/c1-2-17-8-6-10-19(14-17)26-23(28)16-22(27-24(25)29)18-9-7-13-21(15-18)30-20-11-4-3-5-12-20/h3-15,22H,2,16H2,1H3,(H,26,28)(H3,25,27,29). The zero-order valence-electron chi connectivity index (χ0n) is 16.8. The molecule has 3 aromatic rings. The summed E-state index contributed by atoms with van der Waals surface area (Å²) in [5.41, 5.74) is 7.92. The molecule has 0 radical (unpaired) electrons. The second-order valence-electron chi connectivity index (χ2n) is 6.86. The molecule has 4 N–H and O–H groups in total. The number of hydrogen-bond donors (Lipinski definition) is 3. The lowest BCUT2D eigenvalue weighted by molar-refractivity contribution is -0.116. The van der Waals surface area contributed by atoms with Gasteiger partial charge in [0.15, 0.2) is 0 Å². The molecular weight excluding hydrogens is 378 g/mol. The molecule has 0 saturated heterocycles. The van der Waals surface area contributed by atoms with Crippen molar-refractivity contribution >= 4 is 17.6 Å². The average molecular weight is 403 g/mol. The fourth-order valence-corrected chi connectivity index (χ4v) is 3.11. The highest BCUT2D eigenvalue weighted by Crippen LogP contribution is 2.26. The maximum atomic E-state index is 12.6. The monoisotopic (exact) mass is 403 g/mol.